The summed E-state index contributed by atoms with van der Waals surface area (Å²) >= 11 is 0. The summed E-state index contributed by atoms with van der Waals surface area (Å²) in [6, 6.07) is 17.3. The second-order valence-corrected chi connectivity index (χ2v) is 9.18. The number of likely N-dealkylation sites (tertiary alicyclic amines) is 1. The number of nitrogens with one attached hydrogen (secondary N) is 2. The lowest BCUT2D eigenvalue weighted by Crippen LogP contribution is -2.38. The molecule has 39 heavy (non-hydrogen) atoms. The molecule has 0 saturated carbocycles. The SMILES string of the molecule is COc1ccc(F)c(C(=O)Nc2ccc(C3CCN(C(=O)c4cc(-c5ccccn5)n[nH]4)CC3)cc2)c1OC. The lowest BCUT2D eigenvalue weighted by molar-refractivity contribution is 0.0707. The number of carbonyl (C=O) groups excluding carboxylic acids is 2. The van der Waals surface area contributed by atoms with Crippen LogP contribution in [0.25, 0.3) is 11.4 Å². The van der Waals surface area contributed by atoms with E-state index in [2.05, 4.69) is 20.5 Å². The average Bonchev–Trinajstić information content (AvgIpc) is 3.48. The van der Waals surface area contributed by atoms with Gasteiger partial charge in [0.05, 0.1) is 19.9 Å². The van der Waals surface area contributed by atoms with E-state index in [0.717, 1.165) is 18.4 Å². The van der Waals surface area contributed by atoms with Crippen LogP contribution >= 0.6 is 0 Å². The summed E-state index contributed by atoms with van der Waals surface area (Å²) in [7, 11) is 2.78. The van der Waals surface area contributed by atoms with E-state index in [1.165, 1.54) is 26.4 Å². The molecule has 0 aliphatic carbocycles. The van der Waals surface area contributed by atoms with Gasteiger partial charge in [-0.2, -0.15) is 5.10 Å². The average molecular weight is 530 g/mol. The van der Waals surface area contributed by atoms with Crippen molar-refractivity contribution in [3.05, 3.63) is 89.5 Å². The Labute approximate surface area is 225 Å². The molecule has 2 aromatic carbocycles. The van der Waals surface area contributed by atoms with E-state index in [9.17, 15) is 14.0 Å². The highest BCUT2D eigenvalue weighted by Gasteiger charge is 2.26. The normalized spacial score (nSPS) is 13.7. The number of amides is 2. The molecule has 1 aliphatic heterocycles. The fourth-order valence-electron chi connectivity index (χ4n) is 4.81. The molecule has 1 saturated heterocycles. The number of aromatic nitrogens is 3. The van der Waals surface area contributed by atoms with E-state index < -0.39 is 11.7 Å². The number of halogens is 1. The highest BCUT2D eigenvalue weighted by atomic mass is 19.1. The third-order valence-electron chi connectivity index (χ3n) is 6.88. The van der Waals surface area contributed by atoms with Crippen molar-refractivity contribution in [2.45, 2.75) is 18.8 Å². The Hall–Kier alpha value is -4.73. The Morgan fingerprint density at radius 1 is 1.00 bits per heavy atom. The smallest absolute Gasteiger partial charge is 0.271 e. The van der Waals surface area contributed by atoms with E-state index in [4.69, 9.17) is 9.47 Å². The Morgan fingerprint density at radius 3 is 2.44 bits per heavy atom. The molecule has 1 fully saturated rings. The van der Waals surface area contributed by atoms with Gasteiger partial charge in [-0.15, -0.1) is 0 Å². The number of aromatic amines is 1. The zero-order chi connectivity index (χ0) is 27.4. The van der Waals surface area contributed by atoms with Gasteiger partial charge in [-0.25, -0.2) is 4.39 Å². The first-order chi connectivity index (χ1) is 19.0. The topological polar surface area (TPSA) is 109 Å². The number of hydrogen-bond donors (Lipinski definition) is 2. The van der Waals surface area contributed by atoms with E-state index >= 15 is 0 Å². The van der Waals surface area contributed by atoms with Crippen molar-refractivity contribution in [1.29, 1.82) is 0 Å². The van der Waals surface area contributed by atoms with Gasteiger partial charge in [0.2, 0.25) is 0 Å². The second-order valence-electron chi connectivity index (χ2n) is 9.18. The van der Waals surface area contributed by atoms with Crippen LogP contribution in [0.4, 0.5) is 10.1 Å². The monoisotopic (exact) mass is 529 g/mol. The van der Waals surface area contributed by atoms with Crippen LogP contribution in [-0.2, 0) is 0 Å². The Balaban J connectivity index is 1.19. The maximum absolute atomic E-state index is 14.5. The van der Waals surface area contributed by atoms with E-state index in [1.807, 2.05) is 35.2 Å². The van der Waals surface area contributed by atoms with Crippen molar-refractivity contribution >= 4 is 17.5 Å². The summed E-state index contributed by atoms with van der Waals surface area (Å²) in [5, 5.41) is 9.81. The van der Waals surface area contributed by atoms with Crippen LogP contribution in [0.1, 0.15) is 45.2 Å². The largest absolute Gasteiger partial charge is 0.493 e. The first-order valence-electron chi connectivity index (χ1n) is 12.6. The quantitative estimate of drug-likeness (QED) is 0.353. The molecule has 9 nitrogen and oxygen atoms in total. The number of ether oxygens (including phenoxy) is 2. The molecular weight excluding hydrogens is 501 g/mol. The molecule has 2 amide bonds. The van der Waals surface area contributed by atoms with Crippen molar-refractivity contribution in [1.82, 2.24) is 20.1 Å². The third kappa shape index (κ3) is 5.45. The summed E-state index contributed by atoms with van der Waals surface area (Å²) in [4.78, 5) is 32.0. The minimum Gasteiger partial charge on any atom is -0.493 e. The molecule has 0 bridgehead atoms. The standard InChI is InChI=1S/C29H28FN5O4/c1-38-25-11-10-21(30)26(27(25)39-2)28(36)32-20-8-6-18(7-9-20)19-12-15-35(16-13-19)29(37)24-17-23(33-34-24)22-5-3-4-14-31-22/h3-11,14,17,19H,12-13,15-16H2,1-2H3,(H,32,36)(H,33,34). The molecule has 2 aromatic heterocycles. The number of benzene rings is 2. The lowest BCUT2D eigenvalue weighted by atomic mass is 9.89. The maximum atomic E-state index is 14.5. The van der Waals surface area contributed by atoms with E-state index in [1.54, 1.807) is 24.4 Å². The number of H-pyrrole nitrogens is 1. The highest BCUT2D eigenvalue weighted by Crippen LogP contribution is 2.34. The fourth-order valence-corrected chi connectivity index (χ4v) is 4.81. The number of piperidine rings is 1. The van der Waals surface area contributed by atoms with Gasteiger partial charge in [-0.1, -0.05) is 18.2 Å². The number of nitrogens with zero attached hydrogens (tertiary/aromatic N) is 3. The van der Waals surface area contributed by atoms with Gasteiger partial charge in [0.15, 0.2) is 11.5 Å². The van der Waals surface area contributed by atoms with Crippen LogP contribution in [-0.4, -0.2) is 59.2 Å². The van der Waals surface area contributed by atoms with Gasteiger partial charge < -0.3 is 19.7 Å². The Bertz CT molecular complexity index is 1470. The van der Waals surface area contributed by atoms with Crippen LogP contribution in [0.2, 0.25) is 0 Å². The minimum atomic E-state index is -0.703. The first kappa shape index (κ1) is 25.9. The number of pyridine rings is 1. The van der Waals surface area contributed by atoms with Crippen LogP contribution in [0.15, 0.2) is 66.9 Å². The zero-order valence-corrected chi connectivity index (χ0v) is 21.6. The van der Waals surface area contributed by atoms with Gasteiger partial charge in [0.1, 0.15) is 22.8 Å². The lowest BCUT2D eigenvalue weighted by Gasteiger charge is -2.32. The van der Waals surface area contributed by atoms with E-state index in [0.29, 0.717) is 35.9 Å². The zero-order valence-electron chi connectivity index (χ0n) is 21.6. The summed E-state index contributed by atoms with van der Waals surface area (Å²) in [6.45, 7) is 1.24. The van der Waals surface area contributed by atoms with Crippen molar-refractivity contribution in [3.8, 4) is 22.9 Å². The van der Waals surface area contributed by atoms with Crippen molar-refractivity contribution in [2.75, 3.05) is 32.6 Å². The summed E-state index contributed by atoms with van der Waals surface area (Å²) < 4.78 is 24.9. The number of carbonyl (C=O) groups is 2. The van der Waals surface area contributed by atoms with Crippen LogP contribution in [0.3, 0.4) is 0 Å². The molecule has 0 spiro atoms. The molecule has 10 heteroatoms. The van der Waals surface area contributed by atoms with Gasteiger partial charge >= 0.3 is 0 Å². The molecule has 2 N–H and O–H groups in total. The van der Waals surface area contributed by atoms with Gasteiger partial charge in [-0.3, -0.25) is 19.7 Å². The molecule has 0 radical (unpaired) electrons. The molecule has 200 valence electrons. The van der Waals surface area contributed by atoms with Gasteiger partial charge in [0.25, 0.3) is 11.8 Å². The van der Waals surface area contributed by atoms with Gasteiger partial charge in [0, 0.05) is 25.0 Å². The predicted octanol–water partition coefficient (Wildman–Crippen LogP) is 4.90. The fraction of sp³-hybridized carbons (Fsp3) is 0.241. The van der Waals surface area contributed by atoms with Gasteiger partial charge in [-0.05, 0) is 66.8 Å². The predicted molar refractivity (Wildman–Crippen MR) is 144 cm³/mol. The molecule has 5 rings (SSSR count). The molecule has 0 unspecified atom stereocenters. The number of rotatable bonds is 7. The van der Waals surface area contributed by atoms with E-state index in [-0.39, 0.29) is 28.9 Å². The second kappa shape index (κ2) is 11.3. The number of anilines is 1. The highest BCUT2D eigenvalue weighted by molar-refractivity contribution is 6.07. The summed E-state index contributed by atoms with van der Waals surface area (Å²) in [5.74, 6) is -0.831. The molecular formula is C29H28FN5O4. The first-order valence-corrected chi connectivity index (χ1v) is 12.6. The Kier molecular flexibility index (Phi) is 7.53. The Morgan fingerprint density at radius 2 is 1.77 bits per heavy atom. The number of hydrogen-bond acceptors (Lipinski definition) is 6. The maximum Gasteiger partial charge on any atom is 0.271 e. The van der Waals surface area contributed by atoms with Crippen LogP contribution < -0.4 is 14.8 Å². The molecule has 3 heterocycles. The van der Waals surface area contributed by atoms with Crippen LogP contribution in [0.5, 0.6) is 11.5 Å². The molecule has 1 aliphatic rings. The van der Waals surface area contributed by atoms with Crippen LogP contribution in [0, 0.1) is 5.82 Å². The van der Waals surface area contributed by atoms with Crippen molar-refractivity contribution in [3.63, 3.8) is 0 Å². The minimum absolute atomic E-state index is 0.0380. The molecule has 4 aromatic rings. The van der Waals surface area contributed by atoms with Crippen molar-refractivity contribution in [2.24, 2.45) is 0 Å². The molecule has 0 atom stereocenters. The summed E-state index contributed by atoms with van der Waals surface area (Å²) in [5.41, 5.74) is 3.21. The summed E-state index contributed by atoms with van der Waals surface area (Å²) in [6.07, 6.45) is 3.31. The van der Waals surface area contributed by atoms with Crippen molar-refractivity contribution < 1.29 is 23.5 Å². The number of methoxy groups -OCH3 is 2. The third-order valence-corrected chi connectivity index (χ3v) is 6.88.